The molecule has 1 aromatic heterocycles. The van der Waals surface area contributed by atoms with E-state index in [1.807, 2.05) is 12.3 Å². The van der Waals surface area contributed by atoms with E-state index >= 15 is 0 Å². The van der Waals surface area contributed by atoms with Crippen LogP contribution in [0.2, 0.25) is 0 Å². The summed E-state index contributed by atoms with van der Waals surface area (Å²) in [5, 5.41) is 10.3. The van der Waals surface area contributed by atoms with Crippen molar-refractivity contribution in [1.29, 1.82) is 5.26 Å². The van der Waals surface area contributed by atoms with Gasteiger partial charge in [0, 0.05) is 34.8 Å². The number of rotatable bonds is 1. The Morgan fingerprint density at radius 3 is 2.75 bits per heavy atom. The molecule has 0 unspecified atom stereocenters. The van der Waals surface area contributed by atoms with E-state index < -0.39 is 0 Å². The fourth-order valence-electron chi connectivity index (χ4n) is 2.67. The van der Waals surface area contributed by atoms with Crippen LogP contribution in [0.4, 0.5) is 5.69 Å². The summed E-state index contributed by atoms with van der Waals surface area (Å²) in [5.74, 6) is 0. The standard InChI is InChI=1S/C16H16BrN3/c1-16(11-18)5-8-20(9-6-16)12-2-3-15-13(10-12)14(17)4-7-19-15/h2-4,7,10H,5-6,8-9H2,1H3. The molecule has 0 bridgehead atoms. The van der Waals surface area contributed by atoms with E-state index in [0.717, 1.165) is 41.3 Å². The first-order chi connectivity index (χ1) is 9.61. The second-order valence-electron chi connectivity index (χ2n) is 5.65. The molecule has 2 aromatic rings. The predicted molar refractivity (Wildman–Crippen MR) is 84.6 cm³/mol. The van der Waals surface area contributed by atoms with Crippen LogP contribution in [0.1, 0.15) is 19.8 Å². The van der Waals surface area contributed by atoms with Crippen LogP contribution in [0.15, 0.2) is 34.9 Å². The Bertz CT molecular complexity index is 682. The molecule has 0 atom stereocenters. The summed E-state index contributed by atoms with van der Waals surface area (Å²) in [5.41, 5.74) is 2.06. The number of fused-ring (bicyclic) bond motifs is 1. The second-order valence-corrected chi connectivity index (χ2v) is 6.51. The second kappa shape index (κ2) is 5.06. The Balaban J connectivity index is 1.89. The molecular weight excluding hydrogens is 314 g/mol. The van der Waals surface area contributed by atoms with E-state index in [1.165, 1.54) is 5.69 Å². The number of hydrogen-bond acceptors (Lipinski definition) is 3. The Morgan fingerprint density at radius 1 is 1.30 bits per heavy atom. The van der Waals surface area contributed by atoms with E-state index in [-0.39, 0.29) is 5.41 Å². The van der Waals surface area contributed by atoms with Crippen molar-refractivity contribution in [3.8, 4) is 6.07 Å². The maximum atomic E-state index is 9.20. The summed E-state index contributed by atoms with van der Waals surface area (Å²) in [6.45, 7) is 3.94. The van der Waals surface area contributed by atoms with E-state index in [4.69, 9.17) is 0 Å². The van der Waals surface area contributed by atoms with Gasteiger partial charge in [0.1, 0.15) is 0 Å². The zero-order valence-electron chi connectivity index (χ0n) is 11.4. The molecule has 0 radical (unpaired) electrons. The summed E-state index contributed by atoms with van der Waals surface area (Å²) in [4.78, 5) is 6.73. The van der Waals surface area contributed by atoms with Crippen molar-refractivity contribution < 1.29 is 0 Å². The third-order valence-corrected chi connectivity index (χ3v) is 4.87. The fourth-order valence-corrected chi connectivity index (χ4v) is 3.10. The molecule has 0 aliphatic carbocycles. The number of benzene rings is 1. The van der Waals surface area contributed by atoms with Gasteiger partial charge < -0.3 is 4.90 Å². The minimum atomic E-state index is -0.157. The van der Waals surface area contributed by atoms with Crippen LogP contribution in [0, 0.1) is 16.7 Å². The van der Waals surface area contributed by atoms with Gasteiger partial charge in [-0.05, 0) is 44.0 Å². The predicted octanol–water partition coefficient (Wildman–Crippen LogP) is 4.13. The molecule has 0 spiro atoms. The van der Waals surface area contributed by atoms with Crippen molar-refractivity contribution in [2.45, 2.75) is 19.8 Å². The number of nitrogens with zero attached hydrogens (tertiary/aromatic N) is 3. The third-order valence-electron chi connectivity index (χ3n) is 4.17. The summed E-state index contributed by atoms with van der Waals surface area (Å²) in [7, 11) is 0. The first-order valence-electron chi connectivity index (χ1n) is 6.82. The summed E-state index contributed by atoms with van der Waals surface area (Å²) < 4.78 is 1.07. The SMILES string of the molecule is CC1(C#N)CCN(c2ccc3nccc(Br)c3c2)CC1. The average molecular weight is 330 g/mol. The number of pyridine rings is 1. The quantitative estimate of drug-likeness (QED) is 0.789. The lowest BCUT2D eigenvalue weighted by Crippen LogP contribution is -2.38. The maximum Gasteiger partial charge on any atom is 0.0714 e. The molecule has 4 heteroatoms. The summed E-state index contributed by atoms with van der Waals surface area (Å²) >= 11 is 3.58. The Kier molecular flexibility index (Phi) is 3.39. The molecular formula is C16H16BrN3. The van der Waals surface area contributed by atoms with Crippen molar-refractivity contribution in [3.63, 3.8) is 0 Å². The first kappa shape index (κ1) is 13.4. The van der Waals surface area contributed by atoms with Gasteiger partial charge in [0.2, 0.25) is 0 Å². The molecule has 1 aromatic carbocycles. The zero-order valence-corrected chi connectivity index (χ0v) is 13.0. The van der Waals surface area contributed by atoms with Gasteiger partial charge in [0.15, 0.2) is 0 Å². The van der Waals surface area contributed by atoms with Crippen molar-refractivity contribution in [3.05, 3.63) is 34.9 Å². The topological polar surface area (TPSA) is 39.9 Å². The van der Waals surface area contributed by atoms with Gasteiger partial charge in [-0.2, -0.15) is 5.26 Å². The summed E-state index contributed by atoms with van der Waals surface area (Å²) in [6, 6.07) is 10.8. The molecule has 1 saturated heterocycles. The van der Waals surface area contributed by atoms with Crippen LogP contribution in [0.5, 0.6) is 0 Å². The molecule has 1 fully saturated rings. The van der Waals surface area contributed by atoms with E-state index in [1.54, 1.807) is 0 Å². The van der Waals surface area contributed by atoms with Gasteiger partial charge in [-0.1, -0.05) is 15.9 Å². The Morgan fingerprint density at radius 2 is 2.05 bits per heavy atom. The van der Waals surface area contributed by atoms with Crippen molar-refractivity contribution in [2.75, 3.05) is 18.0 Å². The monoisotopic (exact) mass is 329 g/mol. The number of halogens is 1. The molecule has 0 amide bonds. The summed E-state index contributed by atoms with van der Waals surface area (Å²) in [6.07, 6.45) is 3.66. The van der Waals surface area contributed by atoms with Crippen LogP contribution >= 0.6 is 15.9 Å². The highest BCUT2D eigenvalue weighted by Gasteiger charge is 2.29. The molecule has 2 heterocycles. The highest BCUT2D eigenvalue weighted by Crippen LogP contribution is 2.33. The van der Waals surface area contributed by atoms with Crippen molar-refractivity contribution in [1.82, 2.24) is 4.98 Å². The molecule has 0 saturated carbocycles. The van der Waals surface area contributed by atoms with E-state index in [2.05, 4.69) is 57.0 Å². The lowest BCUT2D eigenvalue weighted by atomic mass is 9.82. The molecule has 0 N–H and O–H groups in total. The van der Waals surface area contributed by atoms with E-state index in [0.29, 0.717) is 0 Å². The zero-order chi connectivity index (χ0) is 14.2. The largest absolute Gasteiger partial charge is 0.371 e. The minimum absolute atomic E-state index is 0.157. The Hall–Kier alpha value is -1.60. The fraction of sp³-hybridized carbons (Fsp3) is 0.375. The van der Waals surface area contributed by atoms with Gasteiger partial charge in [0.25, 0.3) is 0 Å². The minimum Gasteiger partial charge on any atom is -0.371 e. The Labute approximate surface area is 127 Å². The molecule has 20 heavy (non-hydrogen) atoms. The lowest BCUT2D eigenvalue weighted by molar-refractivity contribution is 0.337. The van der Waals surface area contributed by atoms with Crippen LogP contribution in [0.25, 0.3) is 10.9 Å². The van der Waals surface area contributed by atoms with Crippen LogP contribution in [0.3, 0.4) is 0 Å². The lowest BCUT2D eigenvalue weighted by Gasteiger charge is -2.36. The van der Waals surface area contributed by atoms with Gasteiger partial charge >= 0.3 is 0 Å². The smallest absolute Gasteiger partial charge is 0.0714 e. The molecule has 1 aliphatic rings. The van der Waals surface area contributed by atoms with E-state index in [9.17, 15) is 5.26 Å². The molecule has 3 nitrogen and oxygen atoms in total. The maximum absolute atomic E-state index is 9.20. The van der Waals surface area contributed by atoms with Crippen LogP contribution in [-0.4, -0.2) is 18.1 Å². The highest BCUT2D eigenvalue weighted by molar-refractivity contribution is 9.10. The van der Waals surface area contributed by atoms with Crippen molar-refractivity contribution >= 4 is 32.5 Å². The van der Waals surface area contributed by atoms with Gasteiger partial charge in [-0.3, -0.25) is 4.98 Å². The van der Waals surface area contributed by atoms with Crippen molar-refractivity contribution in [2.24, 2.45) is 5.41 Å². The molecule has 1 aliphatic heterocycles. The van der Waals surface area contributed by atoms with Gasteiger partial charge in [0.05, 0.1) is 17.0 Å². The average Bonchev–Trinajstić information content (AvgIpc) is 2.48. The van der Waals surface area contributed by atoms with Gasteiger partial charge in [-0.15, -0.1) is 0 Å². The van der Waals surface area contributed by atoms with Gasteiger partial charge in [-0.25, -0.2) is 0 Å². The highest BCUT2D eigenvalue weighted by atomic mass is 79.9. The number of nitriles is 1. The van der Waals surface area contributed by atoms with Crippen LogP contribution in [-0.2, 0) is 0 Å². The number of hydrogen-bond donors (Lipinski definition) is 0. The number of anilines is 1. The number of aromatic nitrogens is 1. The molecule has 102 valence electrons. The third kappa shape index (κ3) is 2.38. The first-order valence-corrected chi connectivity index (χ1v) is 7.61. The normalized spacial score (nSPS) is 17.9. The molecule has 3 rings (SSSR count). The van der Waals surface area contributed by atoms with Crippen LogP contribution < -0.4 is 4.90 Å². The number of piperidine rings is 1.